The number of benzene rings is 1. The second-order valence-corrected chi connectivity index (χ2v) is 7.12. The zero-order valence-corrected chi connectivity index (χ0v) is 13.7. The fourth-order valence-corrected chi connectivity index (χ4v) is 3.64. The van der Waals surface area contributed by atoms with E-state index in [-0.39, 0.29) is 21.6 Å². The van der Waals surface area contributed by atoms with Crippen molar-refractivity contribution in [2.24, 2.45) is 0 Å². The molecule has 1 fully saturated rings. The molecule has 1 atom stereocenters. The Morgan fingerprint density at radius 2 is 2.22 bits per heavy atom. The number of likely N-dealkylation sites (tertiary alicyclic amines) is 1. The van der Waals surface area contributed by atoms with Crippen molar-refractivity contribution < 1.29 is 27.9 Å². The average Bonchev–Trinajstić information content (AvgIpc) is 2.77. The Hall–Kier alpha value is -1.84. The monoisotopic (exact) mass is 362 g/mol. The van der Waals surface area contributed by atoms with E-state index < -0.39 is 28.6 Å². The van der Waals surface area contributed by atoms with Crippen molar-refractivity contribution in [1.82, 2.24) is 9.62 Å². The number of halogens is 1. The molecule has 1 unspecified atom stereocenters. The maximum absolute atomic E-state index is 12.3. The van der Waals surface area contributed by atoms with Crippen molar-refractivity contribution >= 4 is 33.5 Å². The molecular formula is C13H15ClN2O6S. The molecule has 126 valence electrons. The molecule has 0 aromatic heterocycles. The van der Waals surface area contributed by atoms with Crippen molar-refractivity contribution in [2.45, 2.75) is 17.4 Å². The zero-order valence-electron chi connectivity index (χ0n) is 12.2. The van der Waals surface area contributed by atoms with Crippen LogP contribution in [0, 0.1) is 0 Å². The molecule has 0 spiro atoms. The second kappa shape index (κ2) is 6.73. The number of hydrogen-bond donors (Lipinski definition) is 2. The molecule has 23 heavy (non-hydrogen) atoms. The number of ether oxygens (including phenoxy) is 1. The van der Waals surface area contributed by atoms with Gasteiger partial charge in [0, 0.05) is 13.6 Å². The van der Waals surface area contributed by atoms with Gasteiger partial charge in [0.25, 0.3) is 0 Å². The summed E-state index contributed by atoms with van der Waals surface area (Å²) < 4.78 is 31.8. The Bertz CT molecular complexity index is 736. The van der Waals surface area contributed by atoms with E-state index in [4.69, 9.17) is 21.4 Å². The lowest BCUT2D eigenvalue weighted by Crippen LogP contribution is -2.40. The summed E-state index contributed by atoms with van der Waals surface area (Å²) in [5.41, 5.74) is 0. The van der Waals surface area contributed by atoms with Gasteiger partial charge in [-0.05, 0) is 24.6 Å². The van der Waals surface area contributed by atoms with Crippen molar-refractivity contribution in [3.8, 4) is 5.75 Å². The number of hydrogen-bond acceptors (Lipinski definition) is 5. The van der Waals surface area contributed by atoms with E-state index in [0.29, 0.717) is 13.0 Å². The number of carbonyl (C=O) groups excluding carboxylic acids is 1. The van der Waals surface area contributed by atoms with Gasteiger partial charge in [0.05, 0.1) is 9.92 Å². The fourth-order valence-electron chi connectivity index (χ4n) is 2.09. The molecule has 1 aromatic rings. The first kappa shape index (κ1) is 17.5. The van der Waals surface area contributed by atoms with Crippen LogP contribution in [-0.4, -0.2) is 56.5 Å². The van der Waals surface area contributed by atoms with Gasteiger partial charge < -0.3 is 14.7 Å². The topological polar surface area (TPSA) is 113 Å². The Balaban J connectivity index is 2.15. The fraction of sp³-hybridized carbons (Fsp3) is 0.385. The van der Waals surface area contributed by atoms with Gasteiger partial charge >= 0.3 is 5.97 Å². The minimum absolute atomic E-state index is 0.0380. The number of carbonyl (C=O) groups is 2. The first-order valence-electron chi connectivity index (χ1n) is 6.62. The Labute approximate surface area is 138 Å². The Morgan fingerprint density at radius 3 is 2.74 bits per heavy atom. The first-order chi connectivity index (χ1) is 10.7. The first-order valence-corrected chi connectivity index (χ1v) is 8.48. The van der Waals surface area contributed by atoms with Gasteiger partial charge in [-0.2, -0.15) is 4.72 Å². The smallest absolute Gasteiger partial charge is 0.341 e. The third kappa shape index (κ3) is 4.12. The van der Waals surface area contributed by atoms with Crippen LogP contribution in [0.15, 0.2) is 23.1 Å². The third-order valence-electron chi connectivity index (χ3n) is 3.29. The molecule has 0 aliphatic carbocycles. The summed E-state index contributed by atoms with van der Waals surface area (Å²) in [5, 5.41) is 8.51. The highest BCUT2D eigenvalue weighted by atomic mass is 35.5. The molecule has 8 nitrogen and oxygen atoms in total. The highest BCUT2D eigenvalue weighted by Crippen LogP contribution is 2.27. The van der Waals surface area contributed by atoms with Crippen LogP contribution in [0.3, 0.4) is 0 Å². The van der Waals surface area contributed by atoms with Crippen LogP contribution in [0.4, 0.5) is 0 Å². The van der Waals surface area contributed by atoms with Gasteiger partial charge in [-0.1, -0.05) is 11.6 Å². The van der Waals surface area contributed by atoms with Gasteiger partial charge in [-0.15, -0.1) is 0 Å². The highest BCUT2D eigenvalue weighted by Gasteiger charge is 2.33. The molecule has 1 aliphatic heterocycles. The molecule has 0 bridgehead atoms. The number of carboxylic acid groups (broad SMARTS) is 1. The standard InChI is InChI=1S/C13H15ClN2O6S/c1-16-5-4-10(13(16)19)15-23(20,21)8-2-3-11(9(14)6-8)22-7-12(17)18/h2-3,6,10,15H,4-5,7H2,1H3,(H,17,18). The van der Waals surface area contributed by atoms with Crippen LogP contribution < -0.4 is 9.46 Å². The minimum Gasteiger partial charge on any atom is -0.480 e. The predicted molar refractivity (Wildman–Crippen MR) is 80.9 cm³/mol. The molecule has 1 aliphatic rings. The number of sulfonamides is 1. The molecule has 1 aromatic carbocycles. The number of carboxylic acids is 1. The van der Waals surface area contributed by atoms with Crippen LogP contribution in [0.5, 0.6) is 5.75 Å². The second-order valence-electron chi connectivity index (χ2n) is 5.00. The van der Waals surface area contributed by atoms with E-state index in [9.17, 15) is 18.0 Å². The number of likely N-dealkylation sites (N-methyl/N-ethyl adjacent to an activating group) is 1. The maximum atomic E-state index is 12.3. The van der Waals surface area contributed by atoms with E-state index in [2.05, 4.69) is 4.72 Å². The predicted octanol–water partition coefficient (Wildman–Crippen LogP) is 0.312. The quantitative estimate of drug-likeness (QED) is 0.753. The van der Waals surface area contributed by atoms with Crippen LogP contribution in [0.25, 0.3) is 0 Å². The van der Waals surface area contributed by atoms with Crippen LogP contribution in [0.2, 0.25) is 5.02 Å². The number of rotatable bonds is 6. The van der Waals surface area contributed by atoms with Crippen molar-refractivity contribution in [2.75, 3.05) is 20.2 Å². The van der Waals surface area contributed by atoms with Gasteiger partial charge in [0.15, 0.2) is 6.61 Å². The summed E-state index contributed by atoms with van der Waals surface area (Å²) in [6, 6.07) is 2.84. The van der Waals surface area contributed by atoms with Crippen molar-refractivity contribution in [3.63, 3.8) is 0 Å². The van der Waals surface area contributed by atoms with E-state index in [1.165, 1.54) is 17.0 Å². The largest absolute Gasteiger partial charge is 0.480 e. The summed E-state index contributed by atoms with van der Waals surface area (Å²) >= 11 is 5.90. The minimum atomic E-state index is -3.92. The van der Waals surface area contributed by atoms with E-state index in [1.807, 2.05) is 0 Å². The number of nitrogens with one attached hydrogen (secondary N) is 1. The summed E-state index contributed by atoms with van der Waals surface area (Å²) in [5.74, 6) is -1.41. The van der Waals surface area contributed by atoms with Crippen molar-refractivity contribution in [1.29, 1.82) is 0 Å². The summed E-state index contributed by atoms with van der Waals surface area (Å²) in [7, 11) is -2.33. The molecule has 2 rings (SSSR count). The normalized spacial score (nSPS) is 18.3. The van der Waals surface area contributed by atoms with Gasteiger partial charge in [0.2, 0.25) is 15.9 Å². The highest BCUT2D eigenvalue weighted by molar-refractivity contribution is 7.89. The summed E-state index contributed by atoms with van der Waals surface area (Å²) in [6.07, 6.45) is 0.391. The maximum Gasteiger partial charge on any atom is 0.341 e. The van der Waals surface area contributed by atoms with Crippen molar-refractivity contribution in [3.05, 3.63) is 23.2 Å². The Morgan fingerprint density at radius 1 is 1.52 bits per heavy atom. The molecular weight excluding hydrogens is 348 g/mol. The number of amides is 1. The summed E-state index contributed by atoms with van der Waals surface area (Å²) in [6.45, 7) is -0.109. The SMILES string of the molecule is CN1CCC(NS(=O)(=O)c2ccc(OCC(=O)O)c(Cl)c2)C1=O. The van der Waals surface area contributed by atoms with Crippen LogP contribution in [0.1, 0.15) is 6.42 Å². The summed E-state index contributed by atoms with van der Waals surface area (Å²) in [4.78, 5) is 23.5. The molecule has 0 radical (unpaired) electrons. The molecule has 1 heterocycles. The number of nitrogens with zero attached hydrogens (tertiary/aromatic N) is 1. The molecule has 2 N–H and O–H groups in total. The molecule has 0 saturated carbocycles. The lowest BCUT2D eigenvalue weighted by molar-refractivity contribution is -0.139. The van der Waals surface area contributed by atoms with Crippen LogP contribution >= 0.6 is 11.6 Å². The average molecular weight is 363 g/mol. The lowest BCUT2D eigenvalue weighted by Gasteiger charge is -2.13. The van der Waals surface area contributed by atoms with E-state index in [1.54, 1.807) is 7.05 Å². The van der Waals surface area contributed by atoms with Crippen LogP contribution in [-0.2, 0) is 19.6 Å². The molecule has 10 heteroatoms. The third-order valence-corrected chi connectivity index (χ3v) is 5.05. The zero-order chi connectivity index (χ0) is 17.2. The molecule has 1 amide bonds. The van der Waals surface area contributed by atoms with Gasteiger partial charge in [-0.25, -0.2) is 13.2 Å². The van der Waals surface area contributed by atoms with Gasteiger partial charge in [0.1, 0.15) is 11.8 Å². The number of aliphatic carboxylic acids is 1. The van der Waals surface area contributed by atoms with E-state index in [0.717, 1.165) is 6.07 Å². The van der Waals surface area contributed by atoms with Gasteiger partial charge in [-0.3, -0.25) is 4.79 Å². The Kier molecular flexibility index (Phi) is 5.12. The molecule has 1 saturated heterocycles. The lowest BCUT2D eigenvalue weighted by atomic mass is 10.3. The van der Waals surface area contributed by atoms with E-state index >= 15 is 0 Å².